The molecule has 1 N–H and O–H groups in total. The molecule has 0 aromatic rings. The van der Waals surface area contributed by atoms with Crippen LogP contribution in [0.1, 0.15) is 6.92 Å². The van der Waals surface area contributed by atoms with Crippen molar-refractivity contribution in [3.63, 3.8) is 0 Å². The lowest BCUT2D eigenvalue weighted by molar-refractivity contribution is 0.0280. The van der Waals surface area contributed by atoms with Crippen molar-refractivity contribution in [3.8, 4) is 0 Å². The zero-order chi connectivity index (χ0) is 9.40. The van der Waals surface area contributed by atoms with Crippen LogP contribution in [0.5, 0.6) is 0 Å². The lowest BCUT2D eigenvalue weighted by atomic mass is 10.4. The smallest absolute Gasteiger partial charge is 0.155 e. The maximum atomic E-state index is 10.2. The second kappa shape index (κ2) is 7.27. The highest BCUT2D eigenvalue weighted by Gasteiger charge is 2.02. The van der Waals surface area contributed by atoms with Gasteiger partial charge in [-0.15, -0.1) is 0 Å². The van der Waals surface area contributed by atoms with Crippen LogP contribution in [0.15, 0.2) is 12.8 Å². The van der Waals surface area contributed by atoms with Gasteiger partial charge in [-0.3, -0.25) is 0 Å². The summed E-state index contributed by atoms with van der Waals surface area (Å²) in [5, 5.41) is 0. The molecule has 0 fully saturated rings. The topological polar surface area (TPSA) is 55.8 Å². The van der Waals surface area contributed by atoms with Gasteiger partial charge in [0.1, 0.15) is 6.61 Å². The van der Waals surface area contributed by atoms with Crippen molar-refractivity contribution in [1.82, 2.24) is 0 Å². The van der Waals surface area contributed by atoms with E-state index < -0.39 is 11.1 Å². The van der Waals surface area contributed by atoms with Crippen molar-refractivity contribution < 1.29 is 18.2 Å². The molecule has 12 heavy (non-hydrogen) atoms. The summed E-state index contributed by atoms with van der Waals surface area (Å²) in [6, 6.07) is 0. The molecule has 72 valence electrons. The molecule has 5 heteroatoms. The Kier molecular flexibility index (Phi) is 7.03. The molecule has 0 aromatic carbocycles. The molecule has 0 heterocycles. The lowest BCUT2D eigenvalue weighted by Crippen LogP contribution is -2.17. The summed E-state index contributed by atoms with van der Waals surface area (Å²) in [6.07, 6.45) is 1.26. The molecule has 0 rings (SSSR count). The number of hydrogen-bond acceptors (Lipinski definition) is 3. The number of hydrogen-bond donors (Lipinski definition) is 1. The second-order valence-corrected chi connectivity index (χ2v) is 3.26. The predicted octanol–water partition coefficient (Wildman–Crippen LogP) is 0.773. The molecular weight excluding hydrogens is 180 g/mol. The van der Waals surface area contributed by atoms with Crippen LogP contribution in [0, 0.1) is 0 Å². The first-order valence-corrected chi connectivity index (χ1v) is 4.86. The average molecular weight is 194 g/mol. The maximum absolute atomic E-state index is 10.2. The van der Waals surface area contributed by atoms with E-state index in [-0.39, 0.29) is 18.5 Å². The van der Waals surface area contributed by atoms with Gasteiger partial charge in [-0.05, 0) is 6.92 Å². The molecule has 4 nitrogen and oxygen atoms in total. The van der Waals surface area contributed by atoms with E-state index >= 15 is 0 Å². The molecule has 0 saturated heterocycles. The van der Waals surface area contributed by atoms with E-state index in [0.717, 1.165) is 0 Å². The summed E-state index contributed by atoms with van der Waals surface area (Å²) in [5.41, 5.74) is 0. The minimum absolute atomic E-state index is 0.0773. The summed E-state index contributed by atoms with van der Waals surface area (Å²) >= 11 is -1.77. The minimum Gasteiger partial charge on any atom is -0.499 e. The summed E-state index contributed by atoms with van der Waals surface area (Å²) in [7, 11) is 0. The third kappa shape index (κ3) is 7.71. The molecule has 0 bridgehead atoms. The fourth-order valence-electron chi connectivity index (χ4n) is 0.572. The maximum Gasteiger partial charge on any atom is 0.155 e. The fourth-order valence-corrected chi connectivity index (χ4v) is 0.811. The van der Waals surface area contributed by atoms with Crippen molar-refractivity contribution in [2.24, 2.45) is 0 Å². The molecule has 2 atom stereocenters. The first-order valence-electron chi connectivity index (χ1n) is 3.58. The minimum atomic E-state index is -1.77. The monoisotopic (exact) mass is 194 g/mol. The van der Waals surface area contributed by atoms with Crippen LogP contribution in [0.2, 0.25) is 0 Å². The van der Waals surface area contributed by atoms with Crippen LogP contribution in [-0.4, -0.2) is 33.8 Å². The Labute approximate surface area is 74.8 Å². The largest absolute Gasteiger partial charge is 0.499 e. The van der Waals surface area contributed by atoms with Gasteiger partial charge in [-0.1, -0.05) is 6.58 Å². The van der Waals surface area contributed by atoms with E-state index in [1.54, 1.807) is 0 Å². The average Bonchev–Trinajstić information content (AvgIpc) is 2.00. The van der Waals surface area contributed by atoms with Gasteiger partial charge in [0.15, 0.2) is 11.1 Å². The molecule has 2 unspecified atom stereocenters. The van der Waals surface area contributed by atoms with Crippen molar-refractivity contribution in [1.29, 1.82) is 0 Å². The van der Waals surface area contributed by atoms with Crippen molar-refractivity contribution in [2.45, 2.75) is 13.0 Å². The molecule has 0 amide bonds. The third-order valence-electron chi connectivity index (χ3n) is 1.11. The molecule has 0 radical (unpaired) electrons. The Morgan fingerprint density at radius 3 is 2.92 bits per heavy atom. The van der Waals surface area contributed by atoms with Gasteiger partial charge in [0.05, 0.1) is 24.7 Å². The third-order valence-corrected chi connectivity index (χ3v) is 1.63. The van der Waals surface area contributed by atoms with Crippen molar-refractivity contribution in [2.75, 3.05) is 19.0 Å². The lowest BCUT2D eigenvalue weighted by Gasteiger charge is -2.10. The van der Waals surface area contributed by atoms with Gasteiger partial charge >= 0.3 is 0 Å². The number of rotatable bonds is 7. The fraction of sp³-hybridized carbons (Fsp3) is 0.714. The van der Waals surface area contributed by atoms with Crippen molar-refractivity contribution in [3.05, 3.63) is 12.8 Å². The highest BCUT2D eigenvalue weighted by atomic mass is 32.2. The van der Waals surface area contributed by atoms with Gasteiger partial charge < -0.3 is 14.0 Å². The highest BCUT2D eigenvalue weighted by Crippen LogP contribution is 1.92. The Bertz CT molecular complexity index is 148. The Hall–Kier alpha value is -0.390. The Balaban J connectivity index is 3.24. The Morgan fingerprint density at radius 1 is 1.75 bits per heavy atom. The van der Waals surface area contributed by atoms with Crippen LogP contribution in [0.4, 0.5) is 0 Å². The second-order valence-electron chi connectivity index (χ2n) is 2.21. The highest BCUT2D eigenvalue weighted by molar-refractivity contribution is 7.79. The zero-order valence-electron chi connectivity index (χ0n) is 7.06. The van der Waals surface area contributed by atoms with Crippen LogP contribution in [0.25, 0.3) is 0 Å². The van der Waals surface area contributed by atoms with E-state index in [0.29, 0.717) is 6.61 Å². The Morgan fingerprint density at radius 2 is 2.42 bits per heavy atom. The predicted molar refractivity (Wildman–Crippen MR) is 47.2 cm³/mol. The van der Waals surface area contributed by atoms with E-state index in [4.69, 9.17) is 14.0 Å². The molecule has 0 saturated carbocycles. The summed E-state index contributed by atoms with van der Waals surface area (Å²) in [5.74, 6) is 0.137. The van der Waals surface area contributed by atoms with E-state index in [1.807, 2.05) is 6.92 Å². The molecule has 0 aliphatic carbocycles. The standard InChI is InChI=1S/C7H14O4S/c1-3-10-6-7(2)11-4-5-12(8)9/h3,7H,1,4-6H2,2H3,(H,8,9). The normalized spacial score (nSPS) is 15.2. The summed E-state index contributed by atoms with van der Waals surface area (Å²) in [4.78, 5) is 0. The number of ether oxygens (including phenoxy) is 2. The molecule has 0 aromatic heterocycles. The van der Waals surface area contributed by atoms with Gasteiger partial charge in [0.2, 0.25) is 0 Å². The molecule has 0 spiro atoms. The summed E-state index contributed by atoms with van der Waals surface area (Å²) < 4.78 is 28.5. The molecule has 0 aliphatic rings. The van der Waals surface area contributed by atoms with E-state index in [2.05, 4.69) is 6.58 Å². The van der Waals surface area contributed by atoms with E-state index in [9.17, 15) is 4.21 Å². The zero-order valence-corrected chi connectivity index (χ0v) is 7.88. The van der Waals surface area contributed by atoms with Crippen LogP contribution in [-0.2, 0) is 20.6 Å². The van der Waals surface area contributed by atoms with Crippen molar-refractivity contribution >= 4 is 11.1 Å². The first kappa shape index (κ1) is 11.6. The first-order chi connectivity index (χ1) is 5.66. The molecular formula is C7H14O4S. The van der Waals surface area contributed by atoms with Gasteiger partial charge in [0.25, 0.3) is 0 Å². The summed E-state index contributed by atoms with van der Waals surface area (Å²) in [6.45, 7) is 5.88. The van der Waals surface area contributed by atoms with Gasteiger partial charge in [-0.25, -0.2) is 4.21 Å². The van der Waals surface area contributed by atoms with Gasteiger partial charge in [0, 0.05) is 0 Å². The van der Waals surface area contributed by atoms with Crippen LogP contribution < -0.4 is 0 Å². The SMILES string of the molecule is C=COCC(C)OCCS(=O)O. The van der Waals surface area contributed by atoms with Gasteiger partial charge in [-0.2, -0.15) is 0 Å². The van der Waals surface area contributed by atoms with E-state index in [1.165, 1.54) is 6.26 Å². The van der Waals surface area contributed by atoms with Crippen LogP contribution >= 0.6 is 0 Å². The van der Waals surface area contributed by atoms with Crippen LogP contribution in [0.3, 0.4) is 0 Å². The quantitative estimate of drug-likeness (QED) is 0.480. The molecule has 0 aliphatic heterocycles.